The van der Waals surface area contributed by atoms with Gasteiger partial charge in [-0.3, -0.25) is 4.68 Å². The van der Waals surface area contributed by atoms with Gasteiger partial charge in [0.15, 0.2) is 5.82 Å². The Kier molecular flexibility index (Phi) is 2.83. The molecule has 5 heteroatoms. The van der Waals surface area contributed by atoms with Crippen molar-refractivity contribution in [1.82, 2.24) is 9.78 Å². The number of hydrogen-bond acceptors (Lipinski definition) is 2. The zero-order chi connectivity index (χ0) is 11.7. The van der Waals surface area contributed by atoms with Crippen molar-refractivity contribution in [3.63, 3.8) is 0 Å². The average Bonchev–Trinajstić information content (AvgIpc) is 2.51. The first kappa shape index (κ1) is 11.0. The van der Waals surface area contributed by atoms with Gasteiger partial charge >= 0.3 is 0 Å². The lowest BCUT2D eigenvalue weighted by Gasteiger charge is -2.07. The van der Waals surface area contributed by atoms with E-state index >= 15 is 0 Å². The number of halogens is 2. The highest BCUT2D eigenvalue weighted by molar-refractivity contribution is 6.33. The van der Waals surface area contributed by atoms with Crippen molar-refractivity contribution in [3.8, 4) is 0 Å². The molecule has 2 rings (SSSR count). The minimum Gasteiger partial charge on any atom is -0.335 e. The lowest BCUT2D eigenvalue weighted by Crippen LogP contribution is -1.97. The van der Waals surface area contributed by atoms with E-state index in [0.717, 1.165) is 5.56 Å². The molecule has 1 aromatic carbocycles. The van der Waals surface area contributed by atoms with Gasteiger partial charge in [0.1, 0.15) is 5.82 Å². The third kappa shape index (κ3) is 2.02. The molecular weight excluding hydrogens is 229 g/mol. The van der Waals surface area contributed by atoms with E-state index in [1.54, 1.807) is 23.9 Å². The van der Waals surface area contributed by atoms with Crippen molar-refractivity contribution in [2.24, 2.45) is 7.05 Å². The molecule has 0 radical (unpaired) electrons. The van der Waals surface area contributed by atoms with Crippen LogP contribution < -0.4 is 5.32 Å². The summed E-state index contributed by atoms with van der Waals surface area (Å²) in [5, 5.41) is 7.40. The van der Waals surface area contributed by atoms with Crippen LogP contribution in [0.5, 0.6) is 0 Å². The number of hydrogen-bond donors (Lipinski definition) is 1. The minimum atomic E-state index is -0.391. The maximum atomic E-state index is 13.5. The number of aromatic nitrogens is 2. The first-order chi connectivity index (χ1) is 7.58. The molecule has 16 heavy (non-hydrogen) atoms. The lowest BCUT2D eigenvalue weighted by molar-refractivity contribution is 0.631. The maximum absolute atomic E-state index is 13.5. The normalized spacial score (nSPS) is 10.5. The third-order valence-electron chi connectivity index (χ3n) is 2.22. The van der Waals surface area contributed by atoms with Crippen LogP contribution in [0.1, 0.15) is 5.56 Å². The van der Waals surface area contributed by atoms with Crippen LogP contribution in [0.25, 0.3) is 0 Å². The molecule has 0 amide bonds. The van der Waals surface area contributed by atoms with Gasteiger partial charge in [-0.2, -0.15) is 5.10 Å². The molecule has 0 fully saturated rings. The smallest absolute Gasteiger partial charge is 0.155 e. The maximum Gasteiger partial charge on any atom is 0.155 e. The van der Waals surface area contributed by atoms with Gasteiger partial charge in [0.2, 0.25) is 0 Å². The van der Waals surface area contributed by atoms with E-state index in [2.05, 4.69) is 10.4 Å². The highest BCUT2D eigenvalue weighted by Gasteiger charge is 2.10. The molecule has 2 aromatic rings. The van der Waals surface area contributed by atoms with Crippen molar-refractivity contribution < 1.29 is 4.39 Å². The Morgan fingerprint density at radius 1 is 1.44 bits per heavy atom. The summed E-state index contributed by atoms with van der Waals surface area (Å²) in [6.07, 6.45) is 1.84. The van der Waals surface area contributed by atoms with E-state index in [1.807, 2.05) is 13.1 Å². The number of benzene rings is 1. The Hall–Kier alpha value is -1.55. The van der Waals surface area contributed by atoms with Gasteiger partial charge in [-0.15, -0.1) is 0 Å². The number of para-hydroxylation sites is 1. The fourth-order valence-corrected chi connectivity index (χ4v) is 1.68. The highest BCUT2D eigenvalue weighted by atomic mass is 35.5. The second kappa shape index (κ2) is 4.14. The standard InChI is InChI=1S/C11H11ClFN3/c1-7-6-16(2)15-11(7)14-10-8(12)4-3-5-9(10)13/h3-6H,1-2H3,(H,14,15). The summed E-state index contributed by atoms with van der Waals surface area (Å²) >= 11 is 5.90. The van der Waals surface area contributed by atoms with Crippen molar-refractivity contribution in [3.05, 3.63) is 40.8 Å². The highest BCUT2D eigenvalue weighted by Crippen LogP contribution is 2.28. The van der Waals surface area contributed by atoms with Crippen LogP contribution in [-0.2, 0) is 7.05 Å². The van der Waals surface area contributed by atoms with Gasteiger partial charge in [0, 0.05) is 18.8 Å². The fourth-order valence-electron chi connectivity index (χ4n) is 1.47. The number of nitrogens with one attached hydrogen (secondary N) is 1. The van der Waals surface area contributed by atoms with Gasteiger partial charge in [0.05, 0.1) is 10.7 Å². The second-order valence-electron chi connectivity index (χ2n) is 3.56. The van der Waals surface area contributed by atoms with Crippen LogP contribution in [-0.4, -0.2) is 9.78 Å². The van der Waals surface area contributed by atoms with Crippen LogP contribution in [0.2, 0.25) is 5.02 Å². The molecular formula is C11H11ClFN3. The largest absolute Gasteiger partial charge is 0.335 e. The molecule has 0 aliphatic heterocycles. The Morgan fingerprint density at radius 2 is 2.19 bits per heavy atom. The predicted molar refractivity (Wildman–Crippen MR) is 62.6 cm³/mol. The Morgan fingerprint density at radius 3 is 2.75 bits per heavy atom. The molecule has 0 aliphatic rings. The SMILES string of the molecule is Cc1cn(C)nc1Nc1c(F)cccc1Cl. The Bertz CT molecular complexity index is 502. The molecule has 0 unspecified atom stereocenters. The molecule has 1 N–H and O–H groups in total. The van der Waals surface area contributed by atoms with Gasteiger partial charge in [-0.1, -0.05) is 17.7 Å². The quantitative estimate of drug-likeness (QED) is 0.872. The van der Waals surface area contributed by atoms with Gasteiger partial charge in [-0.25, -0.2) is 4.39 Å². The van der Waals surface area contributed by atoms with Crippen LogP contribution in [0.15, 0.2) is 24.4 Å². The van der Waals surface area contributed by atoms with Gasteiger partial charge < -0.3 is 5.32 Å². The van der Waals surface area contributed by atoms with E-state index in [-0.39, 0.29) is 5.69 Å². The third-order valence-corrected chi connectivity index (χ3v) is 2.53. The predicted octanol–water partition coefficient (Wildman–Crippen LogP) is 3.26. The summed E-state index contributed by atoms with van der Waals surface area (Å²) in [6.45, 7) is 1.89. The topological polar surface area (TPSA) is 29.9 Å². The molecule has 0 spiro atoms. The summed E-state index contributed by atoms with van der Waals surface area (Å²) in [5.74, 6) is 0.215. The summed E-state index contributed by atoms with van der Waals surface area (Å²) in [5.41, 5.74) is 1.19. The van der Waals surface area contributed by atoms with E-state index in [9.17, 15) is 4.39 Å². The molecule has 0 saturated heterocycles. The number of rotatable bonds is 2. The Labute approximate surface area is 97.8 Å². The molecule has 1 heterocycles. The first-order valence-electron chi connectivity index (χ1n) is 4.79. The molecule has 3 nitrogen and oxygen atoms in total. The first-order valence-corrected chi connectivity index (χ1v) is 5.17. The molecule has 0 bridgehead atoms. The molecule has 0 saturated carbocycles. The van der Waals surface area contributed by atoms with Crippen LogP contribution in [0.3, 0.4) is 0 Å². The fraction of sp³-hybridized carbons (Fsp3) is 0.182. The van der Waals surface area contributed by atoms with Crippen molar-refractivity contribution in [2.45, 2.75) is 6.92 Å². The summed E-state index contributed by atoms with van der Waals surface area (Å²) < 4.78 is 15.2. The Balaban J connectivity index is 2.37. The summed E-state index contributed by atoms with van der Waals surface area (Å²) in [4.78, 5) is 0. The van der Waals surface area contributed by atoms with E-state index in [0.29, 0.717) is 10.8 Å². The number of anilines is 2. The summed E-state index contributed by atoms with van der Waals surface area (Å²) in [6, 6.07) is 4.55. The van der Waals surface area contributed by atoms with E-state index in [4.69, 9.17) is 11.6 Å². The number of nitrogens with zero attached hydrogens (tertiary/aromatic N) is 2. The van der Waals surface area contributed by atoms with Gasteiger partial charge in [-0.05, 0) is 19.1 Å². The molecule has 0 atom stereocenters. The van der Waals surface area contributed by atoms with Crippen molar-refractivity contribution in [2.75, 3.05) is 5.32 Å². The zero-order valence-corrected chi connectivity index (χ0v) is 9.72. The van der Waals surface area contributed by atoms with Crippen LogP contribution >= 0.6 is 11.6 Å². The molecule has 84 valence electrons. The average molecular weight is 240 g/mol. The lowest BCUT2D eigenvalue weighted by atomic mass is 10.3. The van der Waals surface area contributed by atoms with Crippen LogP contribution in [0, 0.1) is 12.7 Å². The second-order valence-corrected chi connectivity index (χ2v) is 3.96. The van der Waals surface area contributed by atoms with Crippen molar-refractivity contribution >= 4 is 23.1 Å². The van der Waals surface area contributed by atoms with Crippen LogP contribution in [0.4, 0.5) is 15.9 Å². The zero-order valence-electron chi connectivity index (χ0n) is 8.96. The number of aryl methyl sites for hydroxylation is 2. The molecule has 0 aliphatic carbocycles. The van der Waals surface area contributed by atoms with Crippen molar-refractivity contribution in [1.29, 1.82) is 0 Å². The van der Waals surface area contributed by atoms with E-state index < -0.39 is 5.82 Å². The van der Waals surface area contributed by atoms with E-state index in [1.165, 1.54) is 6.07 Å². The molecule has 1 aromatic heterocycles. The van der Waals surface area contributed by atoms with Gasteiger partial charge in [0.25, 0.3) is 0 Å². The minimum absolute atomic E-state index is 0.256. The monoisotopic (exact) mass is 239 g/mol. The summed E-state index contributed by atoms with van der Waals surface area (Å²) in [7, 11) is 1.81.